The van der Waals surface area contributed by atoms with Crippen molar-refractivity contribution < 1.29 is 0 Å². The van der Waals surface area contributed by atoms with Crippen LogP contribution in [0.2, 0.25) is 15.3 Å². The predicted octanol–water partition coefficient (Wildman–Crippen LogP) is 5.29. The van der Waals surface area contributed by atoms with Crippen molar-refractivity contribution in [3.05, 3.63) is 69.7 Å². The summed E-state index contributed by atoms with van der Waals surface area (Å²) >= 11 is 18.4. The van der Waals surface area contributed by atoms with Crippen LogP contribution in [0.3, 0.4) is 0 Å². The van der Waals surface area contributed by atoms with Crippen molar-refractivity contribution >= 4 is 40.4 Å². The van der Waals surface area contributed by atoms with Crippen LogP contribution in [0, 0.1) is 11.3 Å². The zero-order chi connectivity index (χ0) is 18.3. The number of nitriles is 1. The van der Waals surface area contributed by atoms with Gasteiger partial charge in [-0.15, -0.1) is 0 Å². The summed E-state index contributed by atoms with van der Waals surface area (Å²) in [5, 5.41) is 14.8. The minimum atomic E-state index is 0.266. The molecule has 0 aliphatic heterocycles. The monoisotopic (exact) mass is 399 g/mol. The van der Waals surface area contributed by atoms with Crippen molar-refractivity contribution in [1.29, 1.82) is 5.26 Å². The molecule has 0 amide bonds. The lowest BCUT2D eigenvalue weighted by molar-refractivity contribution is 0.943. The fraction of sp³-hybridized carbons (Fsp3) is 0. The van der Waals surface area contributed by atoms with Gasteiger partial charge in [0.05, 0.1) is 5.56 Å². The van der Waals surface area contributed by atoms with Gasteiger partial charge in [-0.05, 0) is 29.8 Å². The summed E-state index contributed by atoms with van der Waals surface area (Å²) in [6.45, 7) is 0. The van der Waals surface area contributed by atoms with Gasteiger partial charge in [-0.3, -0.25) is 0 Å². The molecule has 0 saturated carbocycles. The Morgan fingerprint density at radius 2 is 1.69 bits per heavy atom. The summed E-state index contributed by atoms with van der Waals surface area (Å²) in [5.41, 5.74) is 3.80. The Bertz CT molecular complexity index is 1160. The first-order valence-corrected chi connectivity index (χ1v) is 8.57. The highest BCUT2D eigenvalue weighted by atomic mass is 35.5. The van der Waals surface area contributed by atoms with Gasteiger partial charge < -0.3 is 0 Å². The second-order valence-corrected chi connectivity index (χ2v) is 6.62. The van der Waals surface area contributed by atoms with E-state index in [4.69, 9.17) is 40.1 Å². The topological polar surface area (TPSA) is 66.9 Å². The molecule has 0 aliphatic carbocycles. The molecule has 0 saturated heterocycles. The van der Waals surface area contributed by atoms with E-state index in [2.05, 4.69) is 15.1 Å². The number of hydrogen-bond acceptors (Lipinski definition) is 4. The molecular formula is C18H8Cl3N5. The lowest BCUT2D eigenvalue weighted by Crippen LogP contribution is -1.92. The Morgan fingerprint density at radius 3 is 2.35 bits per heavy atom. The fourth-order valence-corrected chi connectivity index (χ4v) is 3.23. The molecule has 0 unspecified atom stereocenters. The minimum Gasteiger partial charge on any atom is -0.245 e. The third kappa shape index (κ3) is 2.89. The second kappa shape index (κ2) is 6.58. The molecule has 4 aromatic rings. The van der Waals surface area contributed by atoms with E-state index in [1.165, 1.54) is 10.6 Å². The molecule has 0 spiro atoms. The van der Waals surface area contributed by atoms with Crippen molar-refractivity contribution in [2.75, 3.05) is 0 Å². The SMILES string of the molecule is N#Cc1ccc(-c2nn3c(Cl)cc(Cl)nc3c2-c2ccc(Cl)cc2)cn1. The summed E-state index contributed by atoms with van der Waals surface area (Å²) in [6.07, 6.45) is 1.59. The van der Waals surface area contributed by atoms with E-state index in [-0.39, 0.29) is 5.15 Å². The molecule has 1 aromatic carbocycles. The molecule has 0 fully saturated rings. The lowest BCUT2D eigenvalue weighted by Gasteiger charge is -2.04. The minimum absolute atomic E-state index is 0.266. The second-order valence-electron chi connectivity index (χ2n) is 5.41. The zero-order valence-corrected chi connectivity index (χ0v) is 15.3. The molecule has 0 bridgehead atoms. The maximum Gasteiger partial charge on any atom is 0.166 e. The van der Waals surface area contributed by atoms with Crippen LogP contribution >= 0.6 is 34.8 Å². The van der Waals surface area contributed by atoms with Crippen LogP contribution in [0.25, 0.3) is 28.0 Å². The van der Waals surface area contributed by atoms with Crippen LogP contribution in [0.5, 0.6) is 0 Å². The summed E-state index contributed by atoms with van der Waals surface area (Å²) < 4.78 is 1.52. The van der Waals surface area contributed by atoms with E-state index in [1.54, 1.807) is 30.5 Å². The van der Waals surface area contributed by atoms with Crippen molar-refractivity contribution in [3.63, 3.8) is 0 Å². The number of aromatic nitrogens is 4. The highest BCUT2D eigenvalue weighted by Crippen LogP contribution is 2.36. The Balaban J connectivity index is 2.05. The van der Waals surface area contributed by atoms with Crippen molar-refractivity contribution in [1.82, 2.24) is 19.6 Å². The van der Waals surface area contributed by atoms with E-state index in [0.717, 1.165) is 16.7 Å². The molecule has 26 heavy (non-hydrogen) atoms. The maximum absolute atomic E-state index is 8.95. The van der Waals surface area contributed by atoms with Crippen molar-refractivity contribution in [2.45, 2.75) is 0 Å². The Labute approximate surface area is 163 Å². The quantitative estimate of drug-likeness (QED) is 0.429. The first-order chi connectivity index (χ1) is 12.6. The van der Waals surface area contributed by atoms with E-state index >= 15 is 0 Å². The zero-order valence-electron chi connectivity index (χ0n) is 13.0. The molecule has 0 radical (unpaired) electrons. The van der Waals surface area contributed by atoms with Gasteiger partial charge in [-0.1, -0.05) is 46.9 Å². The number of benzene rings is 1. The molecule has 3 heterocycles. The number of hydrogen-bond donors (Lipinski definition) is 0. The maximum atomic E-state index is 8.95. The number of fused-ring (bicyclic) bond motifs is 1. The third-order valence-electron chi connectivity index (χ3n) is 3.80. The van der Waals surface area contributed by atoms with Crippen LogP contribution < -0.4 is 0 Å². The molecule has 5 nitrogen and oxygen atoms in total. The first kappa shape index (κ1) is 16.8. The van der Waals surface area contributed by atoms with Gasteiger partial charge in [0.15, 0.2) is 5.65 Å². The molecule has 3 aromatic heterocycles. The van der Waals surface area contributed by atoms with Crippen molar-refractivity contribution in [3.8, 4) is 28.5 Å². The van der Waals surface area contributed by atoms with E-state index < -0.39 is 0 Å². The average molecular weight is 401 g/mol. The van der Waals surface area contributed by atoms with Crippen LogP contribution in [0.15, 0.2) is 48.7 Å². The number of rotatable bonds is 2. The number of nitrogens with zero attached hydrogens (tertiary/aromatic N) is 5. The molecule has 126 valence electrons. The Morgan fingerprint density at radius 1 is 0.962 bits per heavy atom. The van der Waals surface area contributed by atoms with Gasteiger partial charge in [0.2, 0.25) is 0 Å². The van der Waals surface area contributed by atoms with Crippen LogP contribution in [-0.2, 0) is 0 Å². The number of pyridine rings is 1. The number of halogens is 3. The van der Waals surface area contributed by atoms with Gasteiger partial charge in [0.1, 0.15) is 27.8 Å². The van der Waals surface area contributed by atoms with Gasteiger partial charge in [0.25, 0.3) is 0 Å². The Kier molecular flexibility index (Phi) is 4.25. The molecule has 8 heteroatoms. The van der Waals surface area contributed by atoms with E-state index in [0.29, 0.717) is 27.2 Å². The van der Waals surface area contributed by atoms with Crippen LogP contribution in [-0.4, -0.2) is 19.6 Å². The molecule has 4 rings (SSSR count). The molecule has 0 atom stereocenters. The normalized spacial score (nSPS) is 10.8. The smallest absolute Gasteiger partial charge is 0.166 e. The van der Waals surface area contributed by atoms with Gasteiger partial charge in [-0.2, -0.15) is 10.4 Å². The largest absolute Gasteiger partial charge is 0.245 e. The first-order valence-electron chi connectivity index (χ1n) is 7.44. The van der Waals surface area contributed by atoms with Gasteiger partial charge >= 0.3 is 0 Å². The summed E-state index contributed by atoms with van der Waals surface area (Å²) in [4.78, 5) is 8.51. The third-order valence-corrected chi connectivity index (χ3v) is 4.51. The van der Waals surface area contributed by atoms with Crippen LogP contribution in [0.4, 0.5) is 0 Å². The Hall–Kier alpha value is -2.65. The summed E-state index contributed by atoms with van der Waals surface area (Å²) in [5.74, 6) is 0. The molecule has 0 N–H and O–H groups in total. The lowest BCUT2D eigenvalue weighted by atomic mass is 10.0. The van der Waals surface area contributed by atoms with Crippen LogP contribution in [0.1, 0.15) is 5.69 Å². The van der Waals surface area contributed by atoms with Crippen molar-refractivity contribution in [2.24, 2.45) is 0 Å². The highest BCUT2D eigenvalue weighted by molar-refractivity contribution is 6.33. The van der Waals surface area contributed by atoms with E-state index in [9.17, 15) is 0 Å². The highest BCUT2D eigenvalue weighted by Gasteiger charge is 2.20. The standard InChI is InChI=1S/C18H8Cl3N5/c19-12-4-1-10(2-5-12)16-17(11-3-6-13(8-22)23-9-11)25-26-15(21)7-14(20)24-18(16)26/h1-7,9H. The predicted molar refractivity (Wildman–Crippen MR) is 101 cm³/mol. The average Bonchev–Trinajstić information content (AvgIpc) is 3.02. The summed E-state index contributed by atoms with van der Waals surface area (Å²) in [6, 6.07) is 14.2. The van der Waals surface area contributed by atoms with Gasteiger partial charge in [-0.25, -0.2) is 14.5 Å². The molecular weight excluding hydrogens is 393 g/mol. The molecule has 0 aliphatic rings. The fourth-order valence-electron chi connectivity index (χ4n) is 2.64. The summed E-state index contributed by atoms with van der Waals surface area (Å²) in [7, 11) is 0. The van der Waals surface area contributed by atoms with E-state index in [1.807, 2.05) is 18.2 Å². The van der Waals surface area contributed by atoms with Gasteiger partial charge in [0, 0.05) is 22.8 Å².